The first-order valence-corrected chi connectivity index (χ1v) is 11.1. The van der Waals surface area contributed by atoms with E-state index in [9.17, 15) is 4.79 Å². The summed E-state index contributed by atoms with van der Waals surface area (Å²) in [5.41, 5.74) is 2.27. The fourth-order valence-corrected chi connectivity index (χ4v) is 3.80. The first-order valence-electron chi connectivity index (χ1n) is 11.1. The maximum Gasteiger partial charge on any atom is 0.256 e. The van der Waals surface area contributed by atoms with Gasteiger partial charge >= 0.3 is 0 Å². The van der Waals surface area contributed by atoms with Gasteiger partial charge in [0.15, 0.2) is 0 Å². The van der Waals surface area contributed by atoms with Crippen LogP contribution in [0.15, 0.2) is 65.9 Å². The summed E-state index contributed by atoms with van der Waals surface area (Å²) in [4.78, 5) is 23.2. The van der Waals surface area contributed by atoms with Crippen molar-refractivity contribution in [3.63, 3.8) is 0 Å². The molecule has 0 aliphatic carbocycles. The lowest BCUT2D eigenvalue weighted by molar-refractivity contribution is 0.102. The van der Waals surface area contributed by atoms with E-state index in [4.69, 9.17) is 4.74 Å². The van der Waals surface area contributed by atoms with Gasteiger partial charge in [-0.2, -0.15) is 0 Å². The van der Waals surface area contributed by atoms with Crippen molar-refractivity contribution >= 4 is 34.9 Å². The second-order valence-corrected chi connectivity index (χ2v) is 8.31. The van der Waals surface area contributed by atoms with Crippen molar-refractivity contribution in [1.29, 1.82) is 0 Å². The maximum absolute atomic E-state index is 12.8. The lowest BCUT2D eigenvalue weighted by atomic mass is 10.1. The van der Waals surface area contributed by atoms with E-state index in [1.165, 1.54) is 0 Å². The van der Waals surface area contributed by atoms with Crippen molar-refractivity contribution in [3.05, 3.63) is 72.1 Å². The van der Waals surface area contributed by atoms with Crippen LogP contribution < -0.4 is 15.4 Å². The lowest BCUT2D eigenvalue weighted by Crippen LogP contribution is -2.34. The van der Waals surface area contributed by atoms with Gasteiger partial charge in [0.2, 0.25) is 0 Å². The van der Waals surface area contributed by atoms with Gasteiger partial charge in [0.05, 0.1) is 5.70 Å². The van der Waals surface area contributed by atoms with E-state index in [-0.39, 0.29) is 12.0 Å². The molecule has 1 aliphatic heterocycles. The molecule has 1 aliphatic rings. The highest BCUT2D eigenvalue weighted by Gasteiger charge is 2.15. The van der Waals surface area contributed by atoms with Crippen LogP contribution in [0.1, 0.15) is 28.8 Å². The van der Waals surface area contributed by atoms with Gasteiger partial charge in [-0.25, -0.2) is 4.98 Å². The Morgan fingerprint density at radius 2 is 1.85 bits per heavy atom. The number of nitrogens with one attached hydrogen (secondary N) is 2. The first kappa shape index (κ1) is 22.5. The number of piperidine rings is 1. The molecule has 0 spiro atoms. The Balaban J connectivity index is 1.47. The Bertz CT molecular complexity index is 1170. The van der Waals surface area contributed by atoms with Gasteiger partial charge in [-0.3, -0.25) is 9.79 Å². The average molecular weight is 444 g/mol. The van der Waals surface area contributed by atoms with E-state index in [0.29, 0.717) is 11.4 Å². The number of carbonyl (C=O) groups is 1. The highest BCUT2D eigenvalue weighted by atomic mass is 16.5. The van der Waals surface area contributed by atoms with Gasteiger partial charge in [0.1, 0.15) is 17.7 Å². The number of aliphatic imine (C=N–C) groups is 1. The molecule has 1 amide bonds. The van der Waals surface area contributed by atoms with Crippen LogP contribution in [0.5, 0.6) is 5.75 Å². The number of nitrogens with zero attached hydrogens (tertiary/aromatic N) is 3. The van der Waals surface area contributed by atoms with Gasteiger partial charge in [0.25, 0.3) is 5.91 Å². The molecule has 7 heteroatoms. The smallest absolute Gasteiger partial charge is 0.256 e. The molecule has 3 aromatic rings. The molecule has 7 nitrogen and oxygen atoms in total. The predicted octanol–water partition coefficient (Wildman–Crippen LogP) is 4.18. The van der Waals surface area contributed by atoms with E-state index in [0.717, 1.165) is 53.7 Å². The second kappa shape index (κ2) is 10.3. The number of hydrogen-bond acceptors (Lipinski definition) is 6. The Morgan fingerprint density at radius 3 is 2.55 bits per heavy atom. The Morgan fingerprint density at radius 1 is 1.12 bits per heavy atom. The molecular formula is C26H29N5O2. The van der Waals surface area contributed by atoms with Gasteiger partial charge in [-0.05, 0) is 74.4 Å². The summed E-state index contributed by atoms with van der Waals surface area (Å²) in [7, 11) is 3.88. The third-order valence-electron chi connectivity index (χ3n) is 5.52. The fourth-order valence-electron chi connectivity index (χ4n) is 3.80. The summed E-state index contributed by atoms with van der Waals surface area (Å²) in [5.74, 6) is 1.06. The Labute approximate surface area is 194 Å². The predicted molar refractivity (Wildman–Crippen MR) is 134 cm³/mol. The zero-order valence-electron chi connectivity index (χ0n) is 19.0. The minimum absolute atomic E-state index is 0.215. The van der Waals surface area contributed by atoms with Gasteiger partial charge in [-0.1, -0.05) is 12.1 Å². The van der Waals surface area contributed by atoms with Crippen molar-refractivity contribution in [3.8, 4) is 5.75 Å². The summed E-state index contributed by atoms with van der Waals surface area (Å²) in [6.45, 7) is 5.62. The number of benzene rings is 2. The zero-order chi connectivity index (χ0) is 23.2. The molecule has 0 bridgehead atoms. The van der Waals surface area contributed by atoms with Crippen molar-refractivity contribution in [2.45, 2.75) is 18.9 Å². The summed E-state index contributed by atoms with van der Waals surface area (Å²) in [6, 6.07) is 15.1. The number of pyridine rings is 1. The van der Waals surface area contributed by atoms with E-state index < -0.39 is 0 Å². The van der Waals surface area contributed by atoms with Gasteiger partial charge in [-0.15, -0.1) is 0 Å². The van der Waals surface area contributed by atoms with Crippen molar-refractivity contribution in [2.75, 3.05) is 32.5 Å². The third kappa shape index (κ3) is 5.75. The molecule has 1 saturated heterocycles. The van der Waals surface area contributed by atoms with Crippen LogP contribution in [0, 0.1) is 0 Å². The van der Waals surface area contributed by atoms with Crippen LogP contribution in [0.3, 0.4) is 0 Å². The highest BCUT2D eigenvalue weighted by Crippen LogP contribution is 2.24. The van der Waals surface area contributed by atoms with Crippen LogP contribution in [0.4, 0.5) is 5.82 Å². The number of amides is 1. The molecule has 2 N–H and O–H groups in total. The fraction of sp³-hybridized carbons (Fsp3) is 0.269. The SMILES string of the molecule is C=N/C(=C\N(C)C)c1ccc2cnc(NC(=O)c3ccc(OC4CCNCC4)cc3)cc2c1. The normalized spacial score (nSPS) is 14.7. The quantitative estimate of drug-likeness (QED) is 0.536. The van der Waals surface area contributed by atoms with E-state index in [1.54, 1.807) is 18.3 Å². The van der Waals surface area contributed by atoms with Crippen molar-refractivity contribution < 1.29 is 9.53 Å². The summed E-state index contributed by atoms with van der Waals surface area (Å²) >= 11 is 0. The van der Waals surface area contributed by atoms with E-state index in [2.05, 4.69) is 27.3 Å². The summed E-state index contributed by atoms with van der Waals surface area (Å²) in [5, 5.41) is 8.15. The van der Waals surface area contributed by atoms with Crippen LogP contribution in [0.2, 0.25) is 0 Å². The monoisotopic (exact) mass is 443 g/mol. The van der Waals surface area contributed by atoms with Crippen LogP contribution in [-0.2, 0) is 0 Å². The number of fused-ring (bicyclic) bond motifs is 1. The molecule has 170 valence electrons. The Hall–Kier alpha value is -3.71. The topological polar surface area (TPSA) is 78.9 Å². The second-order valence-electron chi connectivity index (χ2n) is 8.31. The molecule has 0 saturated carbocycles. The standard InChI is InChI=1S/C26H29N5O2/c1-27-24(17-31(2)3)19-4-5-20-16-29-25(15-21(20)14-19)30-26(32)18-6-8-22(9-7-18)33-23-10-12-28-13-11-23/h4-9,14-17,23,28H,1,10-13H2,2-3H3,(H,29,30,32)/b24-17-. The Kier molecular flexibility index (Phi) is 7.00. The molecule has 33 heavy (non-hydrogen) atoms. The number of rotatable bonds is 7. The lowest BCUT2D eigenvalue weighted by Gasteiger charge is -2.23. The molecule has 0 atom stereocenters. The van der Waals surface area contributed by atoms with Crippen LogP contribution in [0.25, 0.3) is 16.5 Å². The molecule has 0 radical (unpaired) electrons. The summed E-state index contributed by atoms with van der Waals surface area (Å²) < 4.78 is 6.02. The largest absolute Gasteiger partial charge is 0.490 e. The molecular weight excluding hydrogens is 414 g/mol. The van der Waals surface area contributed by atoms with Gasteiger partial charge in [0, 0.05) is 43.0 Å². The number of hydrogen-bond donors (Lipinski definition) is 2. The molecule has 1 aromatic heterocycles. The minimum Gasteiger partial charge on any atom is -0.490 e. The van der Waals surface area contributed by atoms with Gasteiger partial charge < -0.3 is 20.3 Å². The van der Waals surface area contributed by atoms with Crippen LogP contribution >= 0.6 is 0 Å². The number of ether oxygens (including phenoxy) is 1. The highest BCUT2D eigenvalue weighted by molar-refractivity contribution is 6.04. The van der Waals surface area contributed by atoms with E-state index in [1.807, 2.05) is 61.6 Å². The molecule has 1 fully saturated rings. The molecule has 2 aromatic carbocycles. The van der Waals surface area contributed by atoms with Crippen molar-refractivity contribution in [2.24, 2.45) is 4.99 Å². The minimum atomic E-state index is -0.215. The van der Waals surface area contributed by atoms with Crippen LogP contribution in [-0.4, -0.2) is 55.8 Å². The molecule has 2 heterocycles. The molecule has 4 rings (SSSR count). The van der Waals surface area contributed by atoms with Crippen molar-refractivity contribution in [1.82, 2.24) is 15.2 Å². The third-order valence-corrected chi connectivity index (χ3v) is 5.52. The number of anilines is 1. The summed E-state index contributed by atoms with van der Waals surface area (Å²) in [6.07, 6.45) is 5.87. The average Bonchev–Trinajstić information content (AvgIpc) is 2.83. The number of aromatic nitrogens is 1. The first-order chi connectivity index (χ1) is 16.0. The molecule has 0 unspecified atom stereocenters. The maximum atomic E-state index is 12.8. The van der Waals surface area contributed by atoms with E-state index >= 15 is 0 Å². The number of carbonyl (C=O) groups excluding carboxylic acids is 1. The zero-order valence-corrected chi connectivity index (χ0v) is 19.0.